The zero-order valence-electron chi connectivity index (χ0n) is 16.9. The topological polar surface area (TPSA) is 71.7 Å². The quantitative estimate of drug-likeness (QED) is 0.302. The van der Waals surface area contributed by atoms with Crippen molar-refractivity contribution in [2.75, 3.05) is 14.2 Å². The van der Waals surface area contributed by atoms with Crippen molar-refractivity contribution in [1.29, 1.82) is 0 Å². The smallest absolute Gasteiger partial charge is 0.191 e. The van der Waals surface area contributed by atoms with Gasteiger partial charge in [-0.25, -0.2) is 4.39 Å². The van der Waals surface area contributed by atoms with Crippen LogP contribution in [0.5, 0.6) is 0 Å². The summed E-state index contributed by atoms with van der Waals surface area (Å²) in [6.07, 6.45) is 2.09. The molecular weight excluding hydrogens is 474 g/mol. The van der Waals surface area contributed by atoms with Crippen molar-refractivity contribution >= 4 is 29.9 Å². The number of nitrogens with zero attached hydrogens (tertiary/aromatic N) is 2. The Morgan fingerprint density at radius 2 is 1.93 bits per heavy atom. The third-order valence-corrected chi connectivity index (χ3v) is 4.50. The number of guanidine groups is 1. The number of ether oxygens (including phenoxy) is 1. The van der Waals surface area contributed by atoms with Crippen LogP contribution < -0.4 is 10.6 Å². The summed E-state index contributed by atoms with van der Waals surface area (Å²) >= 11 is 0. The van der Waals surface area contributed by atoms with E-state index in [0.29, 0.717) is 30.5 Å². The van der Waals surface area contributed by atoms with Crippen LogP contribution in [-0.2, 0) is 24.4 Å². The highest BCUT2D eigenvalue weighted by Gasteiger charge is 2.13. The van der Waals surface area contributed by atoms with Gasteiger partial charge in [0.05, 0.1) is 18.8 Å². The molecule has 0 atom stereocenters. The van der Waals surface area contributed by atoms with Gasteiger partial charge in [-0.2, -0.15) is 0 Å². The average Bonchev–Trinajstić information content (AvgIpc) is 3.14. The number of aliphatic imine (C=N–C) groups is 1. The fourth-order valence-corrected chi connectivity index (χ4v) is 2.89. The lowest BCUT2D eigenvalue weighted by Crippen LogP contribution is -2.36. The molecule has 0 saturated heterocycles. The summed E-state index contributed by atoms with van der Waals surface area (Å²) < 4.78 is 24.1. The first-order valence-corrected chi connectivity index (χ1v) is 9.27. The summed E-state index contributed by atoms with van der Waals surface area (Å²) in [5.74, 6) is 1.57. The molecule has 0 aliphatic carbocycles. The molecule has 1 aromatic heterocycles. The van der Waals surface area contributed by atoms with Gasteiger partial charge in [-0.15, -0.1) is 24.0 Å². The number of aromatic nitrogens is 1. The second-order valence-electron chi connectivity index (χ2n) is 6.37. The summed E-state index contributed by atoms with van der Waals surface area (Å²) in [5.41, 5.74) is 2.48. The van der Waals surface area contributed by atoms with Crippen molar-refractivity contribution < 1.29 is 13.7 Å². The molecular formula is C20H30FIN4O2. The Balaban J connectivity index is 0.00000392. The predicted molar refractivity (Wildman–Crippen MR) is 119 cm³/mol. The van der Waals surface area contributed by atoms with Crippen LogP contribution in [0, 0.1) is 5.82 Å². The van der Waals surface area contributed by atoms with E-state index in [-0.39, 0.29) is 36.4 Å². The molecule has 0 saturated carbocycles. The van der Waals surface area contributed by atoms with Gasteiger partial charge in [-0.05, 0) is 30.5 Å². The number of rotatable bonds is 9. The Morgan fingerprint density at radius 1 is 1.21 bits per heavy atom. The first-order chi connectivity index (χ1) is 13.1. The molecule has 0 radical (unpaired) electrons. The molecule has 0 fully saturated rings. The highest BCUT2D eigenvalue weighted by atomic mass is 127. The van der Waals surface area contributed by atoms with Crippen molar-refractivity contribution in [3.05, 3.63) is 52.7 Å². The van der Waals surface area contributed by atoms with Crippen LogP contribution in [0.1, 0.15) is 55.2 Å². The van der Waals surface area contributed by atoms with Crippen molar-refractivity contribution in [3.63, 3.8) is 0 Å². The van der Waals surface area contributed by atoms with Gasteiger partial charge in [0.2, 0.25) is 0 Å². The average molecular weight is 504 g/mol. The number of halogens is 2. The molecule has 28 heavy (non-hydrogen) atoms. The van der Waals surface area contributed by atoms with E-state index in [2.05, 4.69) is 34.6 Å². The van der Waals surface area contributed by atoms with Crippen LogP contribution in [0.2, 0.25) is 0 Å². The summed E-state index contributed by atoms with van der Waals surface area (Å²) in [6, 6.07) is 6.98. The number of benzene rings is 1. The Bertz CT molecular complexity index is 748. The summed E-state index contributed by atoms with van der Waals surface area (Å²) in [4.78, 5) is 4.20. The maximum Gasteiger partial charge on any atom is 0.191 e. The fraction of sp³-hybridized carbons (Fsp3) is 0.500. The number of hydrogen-bond donors (Lipinski definition) is 2. The van der Waals surface area contributed by atoms with E-state index in [4.69, 9.17) is 9.26 Å². The third-order valence-electron chi connectivity index (χ3n) is 4.50. The van der Waals surface area contributed by atoms with Crippen LogP contribution in [0.25, 0.3) is 0 Å². The van der Waals surface area contributed by atoms with Gasteiger partial charge in [0, 0.05) is 38.2 Å². The van der Waals surface area contributed by atoms with Crippen molar-refractivity contribution in [3.8, 4) is 0 Å². The van der Waals surface area contributed by atoms with Gasteiger partial charge in [0.1, 0.15) is 5.82 Å². The minimum absolute atomic E-state index is 0. The van der Waals surface area contributed by atoms with E-state index in [1.807, 2.05) is 6.07 Å². The highest BCUT2D eigenvalue weighted by molar-refractivity contribution is 14.0. The van der Waals surface area contributed by atoms with Crippen LogP contribution in [0.4, 0.5) is 4.39 Å². The zero-order chi connectivity index (χ0) is 19.6. The Morgan fingerprint density at radius 3 is 2.57 bits per heavy atom. The van der Waals surface area contributed by atoms with Crippen LogP contribution in [0.15, 0.2) is 33.8 Å². The van der Waals surface area contributed by atoms with Crippen molar-refractivity contribution in [2.45, 2.75) is 52.3 Å². The maximum atomic E-state index is 13.7. The minimum atomic E-state index is -0.262. The lowest BCUT2D eigenvalue weighted by Gasteiger charge is -2.12. The first kappa shape index (κ1) is 24.4. The van der Waals surface area contributed by atoms with E-state index in [1.165, 1.54) is 6.07 Å². The lowest BCUT2D eigenvalue weighted by atomic mass is 9.99. The Kier molecular flexibility index (Phi) is 11.1. The SMILES string of the molecule is CCC(CC)c1cc(CNC(=NC)NCc2ccc(F)c(COC)c2)on1.I. The normalized spacial score (nSPS) is 11.4. The molecule has 2 N–H and O–H groups in total. The van der Waals surface area contributed by atoms with Crippen molar-refractivity contribution in [2.24, 2.45) is 4.99 Å². The molecule has 2 aromatic rings. The van der Waals surface area contributed by atoms with Crippen LogP contribution >= 0.6 is 24.0 Å². The molecule has 0 bridgehead atoms. The third kappa shape index (κ3) is 7.05. The zero-order valence-corrected chi connectivity index (χ0v) is 19.2. The first-order valence-electron chi connectivity index (χ1n) is 9.27. The van der Waals surface area contributed by atoms with E-state index in [9.17, 15) is 4.39 Å². The number of methoxy groups -OCH3 is 1. The minimum Gasteiger partial charge on any atom is -0.380 e. The molecule has 0 unspecified atom stereocenters. The highest BCUT2D eigenvalue weighted by Crippen LogP contribution is 2.22. The second kappa shape index (κ2) is 12.7. The van der Waals surface area contributed by atoms with Gasteiger partial charge in [-0.1, -0.05) is 25.1 Å². The van der Waals surface area contributed by atoms with Gasteiger partial charge >= 0.3 is 0 Å². The standard InChI is InChI=1S/C20H29FN4O2.HI/c1-5-15(6-2)19-10-17(27-25-19)12-24-20(22-3)23-11-14-7-8-18(21)16(9-14)13-26-4;/h7-10,15H,5-6,11-13H2,1-4H3,(H2,22,23,24);1H. The van der Waals surface area contributed by atoms with E-state index in [1.54, 1.807) is 26.3 Å². The molecule has 0 amide bonds. The second-order valence-corrected chi connectivity index (χ2v) is 6.37. The largest absolute Gasteiger partial charge is 0.380 e. The van der Waals surface area contributed by atoms with Crippen molar-refractivity contribution in [1.82, 2.24) is 15.8 Å². The van der Waals surface area contributed by atoms with Gasteiger partial charge < -0.3 is 19.9 Å². The molecule has 0 aliphatic heterocycles. The molecule has 1 aromatic carbocycles. The predicted octanol–water partition coefficient (Wildman–Crippen LogP) is 4.35. The van der Waals surface area contributed by atoms with Gasteiger partial charge in [-0.3, -0.25) is 4.99 Å². The van der Waals surface area contributed by atoms with E-state index in [0.717, 1.165) is 29.9 Å². The summed E-state index contributed by atoms with van der Waals surface area (Å²) in [7, 11) is 3.25. The van der Waals surface area contributed by atoms with E-state index >= 15 is 0 Å². The number of nitrogens with one attached hydrogen (secondary N) is 2. The fourth-order valence-electron chi connectivity index (χ4n) is 2.89. The Labute approximate surface area is 183 Å². The maximum absolute atomic E-state index is 13.7. The molecule has 8 heteroatoms. The molecule has 2 rings (SSSR count). The summed E-state index contributed by atoms with van der Waals surface area (Å²) in [5, 5.41) is 10.6. The molecule has 0 aliphatic rings. The summed E-state index contributed by atoms with van der Waals surface area (Å²) in [6.45, 7) is 5.56. The molecule has 0 spiro atoms. The van der Waals surface area contributed by atoms with Crippen LogP contribution in [-0.4, -0.2) is 25.3 Å². The number of hydrogen-bond acceptors (Lipinski definition) is 4. The van der Waals surface area contributed by atoms with Crippen LogP contribution in [0.3, 0.4) is 0 Å². The lowest BCUT2D eigenvalue weighted by molar-refractivity contribution is 0.181. The molecule has 156 valence electrons. The Hall–Kier alpha value is -1.68. The van der Waals surface area contributed by atoms with E-state index < -0.39 is 0 Å². The monoisotopic (exact) mass is 504 g/mol. The molecule has 1 heterocycles. The van der Waals surface area contributed by atoms with Gasteiger partial charge in [0.25, 0.3) is 0 Å². The molecule has 6 nitrogen and oxygen atoms in total. The van der Waals surface area contributed by atoms with Gasteiger partial charge in [0.15, 0.2) is 11.7 Å².